The summed E-state index contributed by atoms with van der Waals surface area (Å²) >= 11 is 6.14. The van der Waals surface area contributed by atoms with E-state index in [-0.39, 0.29) is 11.8 Å². The predicted molar refractivity (Wildman–Crippen MR) is 94.5 cm³/mol. The number of hydrogen-bond acceptors (Lipinski definition) is 5. The average Bonchev–Trinajstić information content (AvgIpc) is 2.61. The number of hydrogen-bond donors (Lipinski definition) is 1. The molecule has 0 aromatic heterocycles. The molecule has 1 aromatic carbocycles. The van der Waals surface area contributed by atoms with Gasteiger partial charge in [-0.05, 0) is 19.1 Å². The van der Waals surface area contributed by atoms with Gasteiger partial charge in [0.15, 0.2) is 11.9 Å². The molecule has 2 aliphatic heterocycles. The molecule has 0 saturated carbocycles. The maximum Gasteiger partial charge on any atom is 0.267 e. The van der Waals surface area contributed by atoms with E-state index in [0.717, 1.165) is 32.8 Å². The lowest BCUT2D eigenvalue weighted by molar-refractivity contribution is -0.125. The van der Waals surface area contributed by atoms with Gasteiger partial charge in [-0.2, -0.15) is 0 Å². The van der Waals surface area contributed by atoms with Crippen LogP contribution in [0.15, 0.2) is 12.1 Å². The first-order valence-electron chi connectivity index (χ1n) is 8.33. The van der Waals surface area contributed by atoms with Gasteiger partial charge in [-0.25, -0.2) is 0 Å². The summed E-state index contributed by atoms with van der Waals surface area (Å²) in [5, 5.41) is 3.29. The molecular weight excluding hydrogens is 346 g/mol. The summed E-state index contributed by atoms with van der Waals surface area (Å²) in [6.45, 7) is 6.13. The zero-order chi connectivity index (χ0) is 18.0. The molecular formula is C17H22ClN3O4. The minimum atomic E-state index is -0.640. The van der Waals surface area contributed by atoms with Crippen LogP contribution in [-0.4, -0.2) is 69.3 Å². The quantitative estimate of drug-likeness (QED) is 0.864. The Morgan fingerprint density at radius 1 is 1.36 bits per heavy atom. The van der Waals surface area contributed by atoms with Gasteiger partial charge in [-0.15, -0.1) is 0 Å². The van der Waals surface area contributed by atoms with Crippen molar-refractivity contribution >= 4 is 29.1 Å². The van der Waals surface area contributed by atoms with Crippen molar-refractivity contribution in [1.82, 2.24) is 10.2 Å². The van der Waals surface area contributed by atoms with Crippen LogP contribution in [0.1, 0.15) is 17.3 Å². The zero-order valence-electron chi connectivity index (χ0n) is 14.4. The van der Waals surface area contributed by atoms with Crippen LogP contribution in [0.3, 0.4) is 0 Å². The summed E-state index contributed by atoms with van der Waals surface area (Å²) in [6, 6.07) is 3.20. The lowest BCUT2D eigenvalue weighted by atomic mass is 10.1. The molecule has 136 valence electrons. The molecule has 3 rings (SSSR count). The highest BCUT2D eigenvalue weighted by Crippen LogP contribution is 2.38. The minimum absolute atomic E-state index is 0.173. The fourth-order valence-electron chi connectivity index (χ4n) is 2.99. The van der Waals surface area contributed by atoms with Crippen molar-refractivity contribution in [1.29, 1.82) is 0 Å². The van der Waals surface area contributed by atoms with Crippen LogP contribution in [0.5, 0.6) is 5.75 Å². The molecule has 0 bridgehead atoms. The van der Waals surface area contributed by atoms with Gasteiger partial charge >= 0.3 is 0 Å². The van der Waals surface area contributed by atoms with E-state index in [2.05, 4.69) is 10.2 Å². The first-order chi connectivity index (χ1) is 12.0. The molecule has 2 amide bonds. The SMILES string of the molecule is CC1Oc2c(C(=O)NCCN3CCOCC3)cc(Cl)cc2N(C)C1=O. The Morgan fingerprint density at radius 3 is 2.80 bits per heavy atom. The Kier molecular flexibility index (Phi) is 5.46. The molecule has 1 aromatic rings. The third-order valence-corrected chi connectivity index (χ3v) is 4.65. The molecule has 1 unspecified atom stereocenters. The standard InChI is InChI=1S/C17H22ClN3O4/c1-11-17(23)20(2)14-10-12(18)9-13(15(14)25-11)16(22)19-3-4-21-5-7-24-8-6-21/h9-11H,3-8H2,1-2H3,(H,19,22). The zero-order valence-corrected chi connectivity index (χ0v) is 15.1. The maximum absolute atomic E-state index is 12.6. The van der Waals surface area contributed by atoms with E-state index in [0.29, 0.717) is 28.6 Å². The van der Waals surface area contributed by atoms with Crippen molar-refractivity contribution < 1.29 is 19.1 Å². The molecule has 1 N–H and O–H groups in total. The smallest absolute Gasteiger partial charge is 0.267 e. The third kappa shape index (κ3) is 3.89. The van der Waals surface area contributed by atoms with Crippen LogP contribution in [0.4, 0.5) is 5.69 Å². The highest BCUT2D eigenvalue weighted by molar-refractivity contribution is 6.31. The van der Waals surface area contributed by atoms with E-state index < -0.39 is 6.10 Å². The average molecular weight is 368 g/mol. The van der Waals surface area contributed by atoms with E-state index in [4.69, 9.17) is 21.1 Å². The monoisotopic (exact) mass is 367 g/mol. The van der Waals surface area contributed by atoms with Gasteiger partial charge in [0.1, 0.15) is 0 Å². The second-order valence-electron chi connectivity index (χ2n) is 6.17. The molecule has 25 heavy (non-hydrogen) atoms. The number of amides is 2. The van der Waals surface area contributed by atoms with Crippen molar-refractivity contribution in [2.75, 3.05) is 51.3 Å². The second kappa shape index (κ2) is 7.59. The molecule has 0 aliphatic carbocycles. The van der Waals surface area contributed by atoms with Gasteiger partial charge in [0.2, 0.25) is 0 Å². The number of fused-ring (bicyclic) bond motifs is 1. The van der Waals surface area contributed by atoms with E-state index in [1.54, 1.807) is 26.1 Å². The van der Waals surface area contributed by atoms with Crippen molar-refractivity contribution in [3.8, 4) is 5.75 Å². The Morgan fingerprint density at radius 2 is 2.08 bits per heavy atom. The molecule has 1 fully saturated rings. The van der Waals surface area contributed by atoms with Gasteiger partial charge in [0.05, 0.1) is 24.5 Å². The number of rotatable bonds is 4. The molecule has 1 saturated heterocycles. The third-order valence-electron chi connectivity index (χ3n) is 4.43. The Labute approximate surface area is 151 Å². The van der Waals surface area contributed by atoms with Crippen LogP contribution in [0.2, 0.25) is 5.02 Å². The topological polar surface area (TPSA) is 71.1 Å². The predicted octanol–water partition coefficient (Wildman–Crippen LogP) is 1.15. The molecule has 8 heteroatoms. The summed E-state index contributed by atoms with van der Waals surface area (Å²) in [7, 11) is 1.65. The number of anilines is 1. The minimum Gasteiger partial charge on any atom is -0.478 e. The lowest BCUT2D eigenvalue weighted by Crippen LogP contribution is -2.43. The van der Waals surface area contributed by atoms with Gasteiger partial charge in [0, 0.05) is 38.2 Å². The van der Waals surface area contributed by atoms with Crippen LogP contribution < -0.4 is 15.0 Å². The van der Waals surface area contributed by atoms with Crippen molar-refractivity contribution in [3.05, 3.63) is 22.7 Å². The first-order valence-corrected chi connectivity index (χ1v) is 8.71. The van der Waals surface area contributed by atoms with Gasteiger partial charge in [-0.3, -0.25) is 14.5 Å². The number of ether oxygens (including phenoxy) is 2. The van der Waals surface area contributed by atoms with E-state index in [1.807, 2.05) is 0 Å². The Balaban J connectivity index is 1.72. The lowest BCUT2D eigenvalue weighted by Gasteiger charge is -2.31. The normalized spacial score (nSPS) is 20.8. The van der Waals surface area contributed by atoms with Crippen LogP contribution in [-0.2, 0) is 9.53 Å². The number of likely N-dealkylation sites (N-methyl/N-ethyl adjacent to an activating group) is 1. The summed E-state index contributed by atoms with van der Waals surface area (Å²) < 4.78 is 11.0. The van der Waals surface area contributed by atoms with E-state index >= 15 is 0 Å². The number of halogens is 1. The molecule has 0 radical (unpaired) electrons. The highest BCUT2D eigenvalue weighted by atomic mass is 35.5. The number of nitrogens with one attached hydrogen (secondary N) is 1. The van der Waals surface area contributed by atoms with Gasteiger partial charge < -0.3 is 19.7 Å². The summed E-state index contributed by atoms with van der Waals surface area (Å²) in [4.78, 5) is 28.4. The molecule has 2 aliphatic rings. The molecule has 7 nitrogen and oxygen atoms in total. The van der Waals surface area contributed by atoms with Gasteiger partial charge in [-0.1, -0.05) is 11.6 Å². The number of nitrogens with zero attached hydrogens (tertiary/aromatic N) is 2. The largest absolute Gasteiger partial charge is 0.478 e. The highest BCUT2D eigenvalue weighted by Gasteiger charge is 2.32. The second-order valence-corrected chi connectivity index (χ2v) is 6.61. The van der Waals surface area contributed by atoms with Gasteiger partial charge in [0.25, 0.3) is 11.8 Å². The van der Waals surface area contributed by atoms with Crippen LogP contribution in [0.25, 0.3) is 0 Å². The Bertz CT molecular complexity index is 676. The number of morpholine rings is 1. The fourth-order valence-corrected chi connectivity index (χ4v) is 3.20. The molecule has 0 spiro atoms. The van der Waals surface area contributed by atoms with Crippen LogP contribution >= 0.6 is 11.6 Å². The van der Waals surface area contributed by atoms with E-state index in [9.17, 15) is 9.59 Å². The summed E-state index contributed by atoms with van der Waals surface area (Å²) in [5.74, 6) is -0.0433. The summed E-state index contributed by atoms with van der Waals surface area (Å²) in [5.41, 5.74) is 0.851. The summed E-state index contributed by atoms with van der Waals surface area (Å²) in [6.07, 6.45) is -0.640. The molecule has 2 heterocycles. The first kappa shape index (κ1) is 18.0. The Hall–Kier alpha value is -1.83. The fraction of sp³-hybridized carbons (Fsp3) is 0.529. The maximum atomic E-state index is 12.6. The van der Waals surface area contributed by atoms with Crippen LogP contribution in [0, 0.1) is 0 Å². The number of carbonyl (C=O) groups excluding carboxylic acids is 2. The number of carbonyl (C=O) groups is 2. The number of benzene rings is 1. The van der Waals surface area contributed by atoms with Crippen molar-refractivity contribution in [2.24, 2.45) is 0 Å². The van der Waals surface area contributed by atoms with Crippen molar-refractivity contribution in [2.45, 2.75) is 13.0 Å². The van der Waals surface area contributed by atoms with Crippen molar-refractivity contribution in [3.63, 3.8) is 0 Å². The van der Waals surface area contributed by atoms with E-state index in [1.165, 1.54) is 4.90 Å². The molecule has 1 atom stereocenters.